The topological polar surface area (TPSA) is 58.4 Å². The lowest BCUT2D eigenvalue weighted by Gasteiger charge is -2.24. The molecule has 0 amide bonds. The van der Waals surface area contributed by atoms with Gasteiger partial charge in [0.05, 0.1) is 13.1 Å². The molecule has 29 heavy (non-hydrogen) atoms. The van der Waals surface area contributed by atoms with Crippen LogP contribution in [0.15, 0.2) is 58.4 Å². The average Bonchev–Trinajstić information content (AvgIpc) is 3.14. The molecule has 1 aromatic carbocycles. The van der Waals surface area contributed by atoms with Crippen molar-refractivity contribution in [1.82, 2.24) is 15.2 Å². The molecule has 1 unspecified atom stereocenters. The van der Waals surface area contributed by atoms with Crippen molar-refractivity contribution in [1.29, 1.82) is 0 Å². The molecular formula is C22H31IN4OS. The number of guanidine groups is 1. The number of halogens is 1. The summed E-state index contributed by atoms with van der Waals surface area (Å²) < 4.78 is 2.02. The van der Waals surface area contributed by atoms with Crippen molar-refractivity contribution in [3.05, 3.63) is 70.1 Å². The first-order chi connectivity index (χ1) is 13.6. The standard InChI is InChI=1S/C22H30N4OS.HI/c1-3-23-21(25-17-22(2)12-6-14-28-22)24-15-18-8-10-19(11-9-18)16-26-13-5-4-7-20(26)27;/h4-5,7-11,13H,3,6,12,14-17H2,1-2H3,(H2,23,24,25);1H. The Kier molecular flexibility index (Phi) is 9.55. The summed E-state index contributed by atoms with van der Waals surface area (Å²) in [7, 11) is 0. The number of hydrogen-bond acceptors (Lipinski definition) is 3. The number of nitrogens with one attached hydrogen (secondary N) is 2. The summed E-state index contributed by atoms with van der Waals surface area (Å²) in [6.45, 7) is 7.42. The molecule has 1 aromatic heterocycles. The van der Waals surface area contributed by atoms with Gasteiger partial charge >= 0.3 is 0 Å². The van der Waals surface area contributed by atoms with E-state index < -0.39 is 0 Å². The zero-order valence-electron chi connectivity index (χ0n) is 17.2. The Morgan fingerprint density at radius 2 is 1.93 bits per heavy atom. The SMILES string of the molecule is CCNC(=NCc1ccc(Cn2ccccc2=O)cc1)NCC1(C)CCCS1.I. The second kappa shape index (κ2) is 11.6. The number of hydrogen-bond donors (Lipinski definition) is 2. The quantitative estimate of drug-likeness (QED) is 0.327. The predicted molar refractivity (Wildman–Crippen MR) is 135 cm³/mol. The average molecular weight is 526 g/mol. The Morgan fingerprint density at radius 1 is 1.17 bits per heavy atom. The van der Waals surface area contributed by atoms with Crippen molar-refractivity contribution in [2.24, 2.45) is 4.99 Å². The molecule has 3 rings (SSSR count). The molecular weight excluding hydrogens is 495 g/mol. The normalized spacial score (nSPS) is 18.9. The van der Waals surface area contributed by atoms with Crippen LogP contribution < -0.4 is 16.2 Å². The highest BCUT2D eigenvalue weighted by atomic mass is 127. The van der Waals surface area contributed by atoms with Crippen molar-refractivity contribution >= 4 is 41.7 Å². The van der Waals surface area contributed by atoms with Crippen LogP contribution in [0.3, 0.4) is 0 Å². The van der Waals surface area contributed by atoms with Crippen LogP contribution >= 0.6 is 35.7 Å². The van der Waals surface area contributed by atoms with Gasteiger partial charge in [0.15, 0.2) is 5.96 Å². The van der Waals surface area contributed by atoms with Crippen molar-refractivity contribution in [2.75, 3.05) is 18.8 Å². The number of rotatable bonds is 7. The largest absolute Gasteiger partial charge is 0.357 e. The first kappa shape index (κ1) is 23.8. The summed E-state index contributed by atoms with van der Waals surface area (Å²) in [5.41, 5.74) is 2.28. The van der Waals surface area contributed by atoms with Gasteiger partial charge in [0.25, 0.3) is 5.56 Å². The van der Waals surface area contributed by atoms with E-state index in [1.54, 1.807) is 16.7 Å². The molecule has 1 aliphatic rings. The van der Waals surface area contributed by atoms with E-state index >= 15 is 0 Å². The molecule has 2 aromatic rings. The minimum Gasteiger partial charge on any atom is -0.357 e. The number of pyridine rings is 1. The predicted octanol–water partition coefficient (Wildman–Crippen LogP) is 3.86. The summed E-state index contributed by atoms with van der Waals surface area (Å²) in [6.07, 6.45) is 4.38. The van der Waals surface area contributed by atoms with Crippen LogP contribution in [0.25, 0.3) is 0 Å². The Balaban J connectivity index is 0.00000300. The molecule has 2 N–H and O–H groups in total. The van der Waals surface area contributed by atoms with Crippen molar-refractivity contribution in [3.63, 3.8) is 0 Å². The first-order valence-corrected chi connectivity index (χ1v) is 11.0. The maximum Gasteiger partial charge on any atom is 0.250 e. The van der Waals surface area contributed by atoms with Gasteiger partial charge in [-0.2, -0.15) is 11.8 Å². The molecule has 0 saturated carbocycles. The Labute approximate surface area is 194 Å². The Hall–Kier alpha value is -1.48. The van der Waals surface area contributed by atoms with Crippen LogP contribution in [0.5, 0.6) is 0 Å². The minimum atomic E-state index is 0. The fourth-order valence-electron chi connectivity index (χ4n) is 3.30. The number of thioether (sulfide) groups is 1. The Morgan fingerprint density at radius 3 is 2.59 bits per heavy atom. The third-order valence-electron chi connectivity index (χ3n) is 4.97. The third-order valence-corrected chi connectivity index (χ3v) is 6.51. The summed E-state index contributed by atoms with van der Waals surface area (Å²) in [4.78, 5) is 16.6. The van der Waals surface area contributed by atoms with Gasteiger partial charge in [-0.1, -0.05) is 30.3 Å². The zero-order valence-corrected chi connectivity index (χ0v) is 20.3. The number of aromatic nitrogens is 1. The maximum atomic E-state index is 11.8. The van der Waals surface area contributed by atoms with E-state index in [0.29, 0.717) is 17.8 Å². The number of benzene rings is 1. The van der Waals surface area contributed by atoms with Crippen molar-refractivity contribution in [2.45, 2.75) is 44.5 Å². The molecule has 1 aliphatic heterocycles. The molecule has 0 bridgehead atoms. The van der Waals surface area contributed by atoms with E-state index in [-0.39, 0.29) is 29.5 Å². The van der Waals surface area contributed by atoms with Gasteiger partial charge in [-0.3, -0.25) is 4.79 Å². The number of nitrogens with zero attached hydrogens (tertiary/aromatic N) is 2. The van der Waals surface area contributed by atoms with E-state index in [9.17, 15) is 4.79 Å². The molecule has 1 saturated heterocycles. The molecule has 5 nitrogen and oxygen atoms in total. The van der Waals surface area contributed by atoms with Crippen LogP contribution in [0.1, 0.15) is 37.8 Å². The number of aliphatic imine (C=N–C) groups is 1. The Bertz CT molecular complexity index is 844. The van der Waals surface area contributed by atoms with Crippen molar-refractivity contribution < 1.29 is 0 Å². The fourth-order valence-corrected chi connectivity index (χ4v) is 4.54. The van der Waals surface area contributed by atoms with Crippen LogP contribution in [-0.4, -0.2) is 34.1 Å². The van der Waals surface area contributed by atoms with E-state index in [2.05, 4.69) is 60.5 Å². The molecule has 1 atom stereocenters. The van der Waals surface area contributed by atoms with Gasteiger partial charge in [0, 0.05) is 30.1 Å². The van der Waals surface area contributed by atoms with E-state index in [1.165, 1.54) is 18.6 Å². The monoisotopic (exact) mass is 526 g/mol. The molecule has 158 valence electrons. The lowest BCUT2D eigenvalue weighted by Crippen LogP contribution is -2.43. The fraction of sp³-hybridized carbons (Fsp3) is 0.455. The van der Waals surface area contributed by atoms with Crippen LogP contribution in [0.2, 0.25) is 0 Å². The molecule has 0 spiro atoms. The van der Waals surface area contributed by atoms with E-state index in [4.69, 9.17) is 4.99 Å². The van der Waals surface area contributed by atoms with E-state index in [1.807, 2.05) is 12.3 Å². The molecule has 7 heteroatoms. The van der Waals surface area contributed by atoms with Crippen LogP contribution in [0, 0.1) is 0 Å². The van der Waals surface area contributed by atoms with Gasteiger partial charge in [-0.05, 0) is 49.6 Å². The van der Waals surface area contributed by atoms with Gasteiger partial charge < -0.3 is 15.2 Å². The molecule has 0 radical (unpaired) electrons. The molecule has 1 fully saturated rings. The first-order valence-electron chi connectivity index (χ1n) is 9.97. The summed E-state index contributed by atoms with van der Waals surface area (Å²) in [5.74, 6) is 2.13. The lowest BCUT2D eigenvalue weighted by molar-refractivity contribution is 0.584. The zero-order chi connectivity index (χ0) is 19.8. The van der Waals surface area contributed by atoms with Gasteiger partial charge in [0.2, 0.25) is 0 Å². The molecule has 0 aliphatic carbocycles. The lowest BCUT2D eigenvalue weighted by atomic mass is 10.1. The minimum absolute atomic E-state index is 0. The summed E-state index contributed by atoms with van der Waals surface area (Å²) in [5, 5.41) is 6.84. The maximum absolute atomic E-state index is 11.8. The van der Waals surface area contributed by atoms with Crippen LogP contribution in [-0.2, 0) is 13.1 Å². The van der Waals surface area contributed by atoms with Gasteiger partial charge in [-0.15, -0.1) is 24.0 Å². The smallest absolute Gasteiger partial charge is 0.250 e. The highest BCUT2D eigenvalue weighted by Crippen LogP contribution is 2.36. The highest BCUT2D eigenvalue weighted by Gasteiger charge is 2.29. The van der Waals surface area contributed by atoms with Crippen molar-refractivity contribution in [3.8, 4) is 0 Å². The molecule has 2 heterocycles. The highest BCUT2D eigenvalue weighted by molar-refractivity contribution is 14.0. The second-order valence-corrected chi connectivity index (χ2v) is 9.12. The van der Waals surface area contributed by atoms with Crippen LogP contribution in [0.4, 0.5) is 0 Å². The summed E-state index contributed by atoms with van der Waals surface area (Å²) in [6, 6.07) is 13.5. The second-order valence-electron chi connectivity index (χ2n) is 7.43. The third kappa shape index (κ3) is 7.37. The van der Waals surface area contributed by atoms with Gasteiger partial charge in [-0.25, -0.2) is 4.99 Å². The summed E-state index contributed by atoms with van der Waals surface area (Å²) >= 11 is 2.05. The van der Waals surface area contributed by atoms with E-state index in [0.717, 1.165) is 30.2 Å². The van der Waals surface area contributed by atoms with Gasteiger partial charge in [0.1, 0.15) is 0 Å².